The monoisotopic (exact) mass is 235 g/mol. The van der Waals surface area contributed by atoms with Crippen molar-refractivity contribution in [1.82, 2.24) is 9.97 Å². The van der Waals surface area contributed by atoms with E-state index in [2.05, 4.69) is 15.3 Å². The first kappa shape index (κ1) is 11.8. The first-order chi connectivity index (χ1) is 8.25. The number of hydrogen-bond donors (Lipinski definition) is 2. The highest BCUT2D eigenvalue weighted by Gasteiger charge is 2.18. The average Bonchev–Trinajstić information content (AvgIpc) is 2.82. The van der Waals surface area contributed by atoms with Gasteiger partial charge in [0.15, 0.2) is 0 Å². The summed E-state index contributed by atoms with van der Waals surface area (Å²) in [6.45, 7) is 0.365. The van der Waals surface area contributed by atoms with Crippen molar-refractivity contribution in [2.45, 2.75) is 38.0 Å². The Balaban J connectivity index is 1.93. The van der Waals surface area contributed by atoms with Gasteiger partial charge in [0.2, 0.25) is 5.95 Å². The van der Waals surface area contributed by atoms with Gasteiger partial charge in [-0.3, -0.25) is 4.79 Å². The SMILES string of the molecule is O=C(O)CCNc1nccc(C2CCCC2)n1. The molecular formula is C12H17N3O2. The molecular weight excluding hydrogens is 218 g/mol. The van der Waals surface area contributed by atoms with E-state index in [0.717, 1.165) is 5.69 Å². The highest BCUT2D eigenvalue weighted by molar-refractivity contribution is 5.67. The molecule has 0 amide bonds. The molecule has 2 rings (SSSR count). The maximum atomic E-state index is 10.4. The van der Waals surface area contributed by atoms with Gasteiger partial charge in [-0.1, -0.05) is 12.8 Å². The predicted octanol–water partition coefficient (Wildman–Crippen LogP) is 2.02. The van der Waals surface area contributed by atoms with Gasteiger partial charge in [-0.25, -0.2) is 9.97 Å². The smallest absolute Gasteiger partial charge is 0.305 e. The normalized spacial score (nSPS) is 16.0. The Hall–Kier alpha value is -1.65. The number of aromatic nitrogens is 2. The molecule has 0 radical (unpaired) electrons. The molecule has 0 aliphatic heterocycles. The second-order valence-corrected chi connectivity index (χ2v) is 4.36. The van der Waals surface area contributed by atoms with Crippen molar-refractivity contribution in [1.29, 1.82) is 0 Å². The van der Waals surface area contributed by atoms with E-state index in [4.69, 9.17) is 5.11 Å². The minimum Gasteiger partial charge on any atom is -0.481 e. The van der Waals surface area contributed by atoms with E-state index in [-0.39, 0.29) is 6.42 Å². The molecule has 1 heterocycles. The zero-order valence-electron chi connectivity index (χ0n) is 9.72. The molecule has 0 saturated heterocycles. The summed E-state index contributed by atoms with van der Waals surface area (Å²) >= 11 is 0. The fourth-order valence-electron chi connectivity index (χ4n) is 2.19. The molecule has 2 N–H and O–H groups in total. The van der Waals surface area contributed by atoms with Crippen molar-refractivity contribution in [2.24, 2.45) is 0 Å². The number of hydrogen-bond acceptors (Lipinski definition) is 4. The van der Waals surface area contributed by atoms with Crippen molar-refractivity contribution in [2.75, 3.05) is 11.9 Å². The Morgan fingerprint density at radius 1 is 1.47 bits per heavy atom. The number of carboxylic acids is 1. The van der Waals surface area contributed by atoms with Crippen LogP contribution in [0.1, 0.15) is 43.7 Å². The number of rotatable bonds is 5. The van der Waals surface area contributed by atoms with Crippen LogP contribution in [-0.2, 0) is 4.79 Å². The molecule has 0 aromatic carbocycles. The van der Waals surface area contributed by atoms with E-state index in [1.54, 1.807) is 6.20 Å². The van der Waals surface area contributed by atoms with Crippen molar-refractivity contribution in [3.8, 4) is 0 Å². The Kier molecular flexibility index (Phi) is 3.90. The summed E-state index contributed by atoms with van der Waals surface area (Å²) in [4.78, 5) is 18.9. The molecule has 1 aromatic heterocycles. The van der Waals surface area contributed by atoms with Crippen LogP contribution in [0.25, 0.3) is 0 Å². The molecule has 0 bridgehead atoms. The molecule has 1 saturated carbocycles. The number of nitrogens with one attached hydrogen (secondary N) is 1. The Bertz CT molecular complexity index is 389. The Morgan fingerprint density at radius 3 is 2.94 bits per heavy atom. The van der Waals surface area contributed by atoms with Crippen LogP contribution in [0.15, 0.2) is 12.3 Å². The number of carboxylic acid groups (broad SMARTS) is 1. The van der Waals surface area contributed by atoms with Crippen molar-refractivity contribution in [3.05, 3.63) is 18.0 Å². The first-order valence-electron chi connectivity index (χ1n) is 6.04. The topological polar surface area (TPSA) is 75.1 Å². The van der Waals surface area contributed by atoms with Crippen LogP contribution >= 0.6 is 0 Å². The molecule has 92 valence electrons. The molecule has 5 nitrogen and oxygen atoms in total. The summed E-state index contributed by atoms with van der Waals surface area (Å²) in [5.74, 6) is 0.276. The van der Waals surface area contributed by atoms with Crippen molar-refractivity contribution < 1.29 is 9.90 Å². The lowest BCUT2D eigenvalue weighted by Crippen LogP contribution is -2.11. The summed E-state index contributed by atoms with van der Waals surface area (Å²) in [5, 5.41) is 11.5. The summed E-state index contributed by atoms with van der Waals surface area (Å²) in [6.07, 6.45) is 6.77. The summed E-state index contributed by atoms with van der Waals surface area (Å²) in [6, 6.07) is 1.96. The maximum absolute atomic E-state index is 10.4. The standard InChI is InChI=1S/C12H17N3O2/c16-11(17)6-8-14-12-13-7-5-10(15-12)9-3-1-2-4-9/h5,7,9H,1-4,6,8H2,(H,16,17)(H,13,14,15). The lowest BCUT2D eigenvalue weighted by atomic mass is 10.0. The van der Waals surface area contributed by atoms with Crippen LogP contribution in [0.3, 0.4) is 0 Å². The zero-order valence-corrected chi connectivity index (χ0v) is 9.72. The molecule has 1 aliphatic carbocycles. The quantitative estimate of drug-likeness (QED) is 0.816. The molecule has 0 spiro atoms. The highest BCUT2D eigenvalue weighted by Crippen LogP contribution is 2.32. The van der Waals surface area contributed by atoms with Gasteiger partial charge in [-0.2, -0.15) is 0 Å². The second-order valence-electron chi connectivity index (χ2n) is 4.36. The van der Waals surface area contributed by atoms with E-state index < -0.39 is 5.97 Å². The highest BCUT2D eigenvalue weighted by atomic mass is 16.4. The minimum atomic E-state index is -0.815. The largest absolute Gasteiger partial charge is 0.481 e. The van der Waals surface area contributed by atoms with Crippen molar-refractivity contribution >= 4 is 11.9 Å². The summed E-state index contributed by atoms with van der Waals surface area (Å²) < 4.78 is 0. The minimum absolute atomic E-state index is 0.0804. The molecule has 1 aromatic rings. The second kappa shape index (κ2) is 5.61. The van der Waals surface area contributed by atoms with Gasteiger partial charge in [0, 0.05) is 24.4 Å². The molecule has 0 atom stereocenters. The van der Waals surface area contributed by atoms with Crippen LogP contribution in [0, 0.1) is 0 Å². The third-order valence-corrected chi connectivity index (χ3v) is 3.07. The zero-order chi connectivity index (χ0) is 12.1. The van der Waals surface area contributed by atoms with Gasteiger partial charge in [-0.05, 0) is 18.9 Å². The van der Waals surface area contributed by atoms with Crippen molar-refractivity contribution in [3.63, 3.8) is 0 Å². The Labute approximate surface area is 100 Å². The van der Waals surface area contributed by atoms with E-state index in [1.807, 2.05) is 6.07 Å². The third-order valence-electron chi connectivity index (χ3n) is 3.07. The van der Waals surface area contributed by atoms with Crippen LogP contribution in [-0.4, -0.2) is 27.6 Å². The predicted molar refractivity (Wildman–Crippen MR) is 64.0 cm³/mol. The lowest BCUT2D eigenvalue weighted by Gasteiger charge is -2.09. The number of carbonyl (C=O) groups is 1. The van der Waals surface area contributed by atoms with E-state index in [9.17, 15) is 4.79 Å². The van der Waals surface area contributed by atoms with Gasteiger partial charge in [0.25, 0.3) is 0 Å². The van der Waals surface area contributed by atoms with Gasteiger partial charge in [-0.15, -0.1) is 0 Å². The van der Waals surface area contributed by atoms with Crippen LogP contribution in [0.5, 0.6) is 0 Å². The summed E-state index contributed by atoms with van der Waals surface area (Å²) in [5.41, 5.74) is 1.08. The molecule has 5 heteroatoms. The van der Waals surface area contributed by atoms with E-state index in [1.165, 1.54) is 25.7 Å². The van der Waals surface area contributed by atoms with Gasteiger partial charge >= 0.3 is 5.97 Å². The summed E-state index contributed by atoms with van der Waals surface area (Å²) in [7, 11) is 0. The van der Waals surface area contributed by atoms with Crippen LogP contribution in [0.2, 0.25) is 0 Å². The lowest BCUT2D eigenvalue weighted by molar-refractivity contribution is -0.136. The van der Waals surface area contributed by atoms with Gasteiger partial charge in [0.1, 0.15) is 0 Å². The molecule has 17 heavy (non-hydrogen) atoms. The molecule has 1 fully saturated rings. The van der Waals surface area contributed by atoms with Crippen LogP contribution in [0.4, 0.5) is 5.95 Å². The van der Waals surface area contributed by atoms with E-state index >= 15 is 0 Å². The first-order valence-corrected chi connectivity index (χ1v) is 6.04. The number of aliphatic carboxylic acids is 1. The fraction of sp³-hybridized carbons (Fsp3) is 0.583. The Morgan fingerprint density at radius 2 is 2.24 bits per heavy atom. The maximum Gasteiger partial charge on any atom is 0.305 e. The third kappa shape index (κ3) is 3.41. The van der Waals surface area contributed by atoms with E-state index in [0.29, 0.717) is 18.4 Å². The number of nitrogens with zero attached hydrogens (tertiary/aromatic N) is 2. The van der Waals surface area contributed by atoms with Gasteiger partial charge < -0.3 is 10.4 Å². The fourth-order valence-corrected chi connectivity index (χ4v) is 2.19. The molecule has 0 unspecified atom stereocenters. The number of anilines is 1. The van der Waals surface area contributed by atoms with Gasteiger partial charge in [0.05, 0.1) is 6.42 Å². The average molecular weight is 235 g/mol. The molecule has 1 aliphatic rings. The van der Waals surface area contributed by atoms with Crippen LogP contribution < -0.4 is 5.32 Å².